The standard InChI is InChI=1S/C19H30N4O2/c1-5-20-19(25)22-15-6-7-17(23-10-8-14(4)9-11-23)16(12-15)18(24)21-13(2)3/h6-7,12-14H,5,8-11H2,1-4H3,(H,21,24)(H2,20,22,25). The zero-order valence-corrected chi connectivity index (χ0v) is 15.7. The van der Waals surface area contributed by atoms with Gasteiger partial charge in [0.2, 0.25) is 0 Å². The number of carbonyl (C=O) groups excluding carboxylic acids is 2. The molecule has 0 aromatic heterocycles. The first-order valence-electron chi connectivity index (χ1n) is 9.15. The number of hydrogen-bond acceptors (Lipinski definition) is 3. The third-order valence-electron chi connectivity index (χ3n) is 4.38. The molecule has 2 rings (SSSR count). The lowest BCUT2D eigenvalue weighted by atomic mass is 9.97. The summed E-state index contributed by atoms with van der Waals surface area (Å²) in [5.74, 6) is 0.617. The Morgan fingerprint density at radius 3 is 2.52 bits per heavy atom. The Bertz CT molecular complexity index is 607. The zero-order valence-electron chi connectivity index (χ0n) is 15.7. The molecule has 3 N–H and O–H groups in total. The number of amides is 3. The predicted molar refractivity (Wildman–Crippen MR) is 102 cm³/mol. The Labute approximate surface area is 150 Å². The topological polar surface area (TPSA) is 73.5 Å². The highest BCUT2D eigenvalue weighted by atomic mass is 16.2. The minimum absolute atomic E-state index is 0.0572. The van der Waals surface area contributed by atoms with Gasteiger partial charge in [-0.1, -0.05) is 6.92 Å². The Kier molecular flexibility index (Phi) is 6.67. The molecule has 1 aliphatic rings. The van der Waals surface area contributed by atoms with Gasteiger partial charge in [-0.25, -0.2) is 4.79 Å². The van der Waals surface area contributed by atoms with Crippen LogP contribution in [0.25, 0.3) is 0 Å². The van der Waals surface area contributed by atoms with E-state index < -0.39 is 0 Å². The van der Waals surface area contributed by atoms with Crippen molar-refractivity contribution < 1.29 is 9.59 Å². The zero-order chi connectivity index (χ0) is 18.4. The van der Waals surface area contributed by atoms with Crippen molar-refractivity contribution in [3.8, 4) is 0 Å². The van der Waals surface area contributed by atoms with E-state index in [4.69, 9.17) is 0 Å². The summed E-state index contributed by atoms with van der Waals surface area (Å²) in [7, 11) is 0. The van der Waals surface area contributed by atoms with Crippen LogP contribution in [0.15, 0.2) is 18.2 Å². The van der Waals surface area contributed by atoms with Crippen molar-refractivity contribution in [2.45, 2.75) is 46.6 Å². The minimum Gasteiger partial charge on any atom is -0.371 e. The third-order valence-corrected chi connectivity index (χ3v) is 4.38. The van der Waals surface area contributed by atoms with Crippen LogP contribution in [-0.4, -0.2) is 37.6 Å². The summed E-state index contributed by atoms with van der Waals surface area (Å²) < 4.78 is 0. The molecule has 3 amide bonds. The SMILES string of the molecule is CCNC(=O)Nc1ccc(N2CCC(C)CC2)c(C(=O)NC(C)C)c1. The maximum atomic E-state index is 12.7. The second kappa shape index (κ2) is 8.74. The summed E-state index contributed by atoms with van der Waals surface area (Å²) in [5.41, 5.74) is 2.16. The van der Waals surface area contributed by atoms with Gasteiger partial charge < -0.3 is 20.9 Å². The van der Waals surface area contributed by atoms with Gasteiger partial charge in [-0.3, -0.25) is 4.79 Å². The molecule has 6 heteroatoms. The lowest BCUT2D eigenvalue weighted by molar-refractivity contribution is 0.0943. The van der Waals surface area contributed by atoms with Gasteiger partial charge in [0.15, 0.2) is 0 Å². The van der Waals surface area contributed by atoms with E-state index in [1.54, 1.807) is 6.07 Å². The first kappa shape index (κ1) is 19.1. The fraction of sp³-hybridized carbons (Fsp3) is 0.579. The highest BCUT2D eigenvalue weighted by Gasteiger charge is 2.22. The number of urea groups is 1. The summed E-state index contributed by atoms with van der Waals surface area (Å²) >= 11 is 0. The number of rotatable bonds is 5. The minimum atomic E-state index is -0.266. The van der Waals surface area contributed by atoms with E-state index in [1.807, 2.05) is 32.9 Å². The largest absolute Gasteiger partial charge is 0.371 e. The average molecular weight is 346 g/mol. The van der Waals surface area contributed by atoms with Crippen LogP contribution in [0.2, 0.25) is 0 Å². The highest BCUT2D eigenvalue weighted by molar-refractivity contribution is 6.02. The first-order valence-corrected chi connectivity index (χ1v) is 9.15. The molecule has 1 aromatic rings. The van der Waals surface area contributed by atoms with Crippen molar-refractivity contribution in [1.29, 1.82) is 0 Å². The Balaban J connectivity index is 2.27. The fourth-order valence-electron chi connectivity index (χ4n) is 3.00. The third kappa shape index (κ3) is 5.37. The van der Waals surface area contributed by atoms with Gasteiger partial charge in [0.25, 0.3) is 5.91 Å². The molecular formula is C19H30N4O2. The second-order valence-corrected chi connectivity index (χ2v) is 7.01. The monoisotopic (exact) mass is 346 g/mol. The molecule has 1 heterocycles. The number of nitrogens with one attached hydrogen (secondary N) is 3. The van der Waals surface area contributed by atoms with Crippen LogP contribution in [0.1, 0.15) is 50.9 Å². The number of piperidine rings is 1. The van der Waals surface area contributed by atoms with Crippen molar-refractivity contribution in [2.24, 2.45) is 5.92 Å². The van der Waals surface area contributed by atoms with E-state index in [1.165, 1.54) is 0 Å². The van der Waals surface area contributed by atoms with Crippen LogP contribution in [-0.2, 0) is 0 Å². The van der Waals surface area contributed by atoms with Crippen LogP contribution in [0.4, 0.5) is 16.2 Å². The Morgan fingerprint density at radius 1 is 1.24 bits per heavy atom. The number of hydrogen-bond donors (Lipinski definition) is 3. The van der Waals surface area contributed by atoms with E-state index in [9.17, 15) is 9.59 Å². The van der Waals surface area contributed by atoms with Gasteiger partial charge in [0.1, 0.15) is 0 Å². The van der Waals surface area contributed by atoms with Crippen LogP contribution >= 0.6 is 0 Å². The van der Waals surface area contributed by atoms with Crippen LogP contribution in [0.5, 0.6) is 0 Å². The molecule has 1 saturated heterocycles. The summed E-state index contributed by atoms with van der Waals surface area (Å²) in [5, 5.41) is 8.44. The van der Waals surface area contributed by atoms with Gasteiger partial charge in [0, 0.05) is 37.1 Å². The molecule has 0 aliphatic carbocycles. The quantitative estimate of drug-likeness (QED) is 0.766. The van der Waals surface area contributed by atoms with Crippen molar-refractivity contribution in [3.63, 3.8) is 0 Å². The number of carbonyl (C=O) groups is 2. The lowest BCUT2D eigenvalue weighted by Crippen LogP contribution is -2.36. The number of benzene rings is 1. The summed E-state index contributed by atoms with van der Waals surface area (Å²) in [6, 6.07) is 5.35. The van der Waals surface area contributed by atoms with E-state index in [2.05, 4.69) is 27.8 Å². The van der Waals surface area contributed by atoms with E-state index in [0.29, 0.717) is 17.8 Å². The van der Waals surface area contributed by atoms with Gasteiger partial charge in [-0.15, -0.1) is 0 Å². The number of anilines is 2. The second-order valence-electron chi connectivity index (χ2n) is 7.01. The summed E-state index contributed by atoms with van der Waals surface area (Å²) in [4.78, 5) is 26.7. The Morgan fingerprint density at radius 2 is 1.92 bits per heavy atom. The number of nitrogens with zero attached hydrogens (tertiary/aromatic N) is 1. The molecule has 1 aromatic carbocycles. The van der Waals surface area contributed by atoms with Crippen molar-refractivity contribution >= 4 is 23.3 Å². The van der Waals surface area contributed by atoms with E-state index >= 15 is 0 Å². The van der Waals surface area contributed by atoms with Crippen LogP contribution in [0, 0.1) is 5.92 Å². The molecule has 0 spiro atoms. The molecule has 25 heavy (non-hydrogen) atoms. The van der Waals surface area contributed by atoms with E-state index in [-0.39, 0.29) is 18.0 Å². The molecule has 138 valence electrons. The summed E-state index contributed by atoms with van der Waals surface area (Å²) in [6.45, 7) is 10.5. The molecular weight excluding hydrogens is 316 g/mol. The highest BCUT2D eigenvalue weighted by Crippen LogP contribution is 2.28. The molecule has 0 unspecified atom stereocenters. The van der Waals surface area contributed by atoms with Crippen molar-refractivity contribution in [1.82, 2.24) is 10.6 Å². The molecule has 6 nitrogen and oxygen atoms in total. The van der Waals surface area contributed by atoms with Crippen LogP contribution < -0.4 is 20.9 Å². The van der Waals surface area contributed by atoms with Crippen molar-refractivity contribution in [2.75, 3.05) is 29.9 Å². The normalized spacial score (nSPS) is 15.2. The van der Waals surface area contributed by atoms with Gasteiger partial charge in [0.05, 0.1) is 5.56 Å². The average Bonchev–Trinajstić information content (AvgIpc) is 2.55. The maximum absolute atomic E-state index is 12.7. The first-order chi connectivity index (χ1) is 11.9. The fourth-order valence-corrected chi connectivity index (χ4v) is 3.00. The molecule has 1 aliphatic heterocycles. The molecule has 0 atom stereocenters. The van der Waals surface area contributed by atoms with E-state index in [0.717, 1.165) is 37.5 Å². The van der Waals surface area contributed by atoms with Gasteiger partial charge in [-0.05, 0) is 57.7 Å². The Hall–Kier alpha value is -2.24. The molecule has 0 saturated carbocycles. The maximum Gasteiger partial charge on any atom is 0.319 e. The predicted octanol–water partition coefficient (Wildman–Crippen LogP) is 3.20. The van der Waals surface area contributed by atoms with Gasteiger partial charge in [-0.2, -0.15) is 0 Å². The van der Waals surface area contributed by atoms with Gasteiger partial charge >= 0.3 is 6.03 Å². The van der Waals surface area contributed by atoms with Crippen LogP contribution in [0.3, 0.4) is 0 Å². The molecule has 1 fully saturated rings. The lowest BCUT2D eigenvalue weighted by Gasteiger charge is -2.33. The molecule has 0 bridgehead atoms. The van der Waals surface area contributed by atoms with Crippen molar-refractivity contribution in [3.05, 3.63) is 23.8 Å². The summed E-state index contributed by atoms with van der Waals surface area (Å²) in [6.07, 6.45) is 2.26. The molecule has 0 radical (unpaired) electrons. The smallest absolute Gasteiger partial charge is 0.319 e.